The number of ether oxygens (including phenoxy) is 2. The Labute approximate surface area is 121 Å². The summed E-state index contributed by atoms with van der Waals surface area (Å²) in [6, 6.07) is 6.61. The summed E-state index contributed by atoms with van der Waals surface area (Å²) in [5, 5.41) is 3.16. The van der Waals surface area contributed by atoms with Crippen LogP contribution in [0.25, 0.3) is 0 Å². The van der Waals surface area contributed by atoms with E-state index >= 15 is 0 Å². The third-order valence-electron chi connectivity index (χ3n) is 2.70. The number of nitrogens with zero attached hydrogens (tertiary/aromatic N) is 1. The van der Waals surface area contributed by atoms with Crippen molar-refractivity contribution >= 4 is 0 Å². The molecule has 112 valence electrons. The molecule has 0 saturated heterocycles. The summed E-state index contributed by atoms with van der Waals surface area (Å²) in [5.41, 5.74) is 0.790. The van der Waals surface area contributed by atoms with Crippen LogP contribution in [-0.2, 0) is 11.3 Å². The Morgan fingerprint density at radius 2 is 1.95 bits per heavy atom. The van der Waals surface area contributed by atoms with Gasteiger partial charge in [0.1, 0.15) is 17.4 Å². The number of halogens is 2. The highest BCUT2D eigenvalue weighted by Gasteiger charge is 2.08. The molecule has 0 radical (unpaired) electrons. The second-order valence-corrected chi connectivity index (χ2v) is 4.34. The highest BCUT2D eigenvalue weighted by Crippen LogP contribution is 2.24. The number of hydrogen-bond acceptors (Lipinski definition) is 4. The van der Waals surface area contributed by atoms with Crippen molar-refractivity contribution in [2.24, 2.45) is 0 Å². The number of rotatable bonds is 7. The number of aromatic nitrogens is 1. The summed E-state index contributed by atoms with van der Waals surface area (Å²) >= 11 is 0. The topological polar surface area (TPSA) is 43.4 Å². The fourth-order valence-electron chi connectivity index (χ4n) is 1.75. The van der Waals surface area contributed by atoms with Gasteiger partial charge in [0, 0.05) is 50.2 Å². The van der Waals surface area contributed by atoms with Gasteiger partial charge in [-0.3, -0.25) is 0 Å². The minimum Gasteiger partial charge on any atom is -0.438 e. The number of benzene rings is 1. The monoisotopic (exact) mass is 294 g/mol. The van der Waals surface area contributed by atoms with Gasteiger partial charge in [-0.15, -0.1) is 0 Å². The van der Waals surface area contributed by atoms with Crippen molar-refractivity contribution in [1.29, 1.82) is 0 Å². The Kier molecular flexibility index (Phi) is 5.59. The molecule has 0 spiro atoms. The molecule has 2 aromatic rings. The Balaban J connectivity index is 2.08. The SMILES string of the molecule is COCCNCc1cccnc1Oc1cc(F)cc(F)c1. The summed E-state index contributed by atoms with van der Waals surface area (Å²) in [6.45, 7) is 1.79. The number of hydrogen-bond donors (Lipinski definition) is 1. The third-order valence-corrected chi connectivity index (χ3v) is 2.70. The molecule has 6 heteroatoms. The van der Waals surface area contributed by atoms with Gasteiger partial charge in [0.2, 0.25) is 5.88 Å². The smallest absolute Gasteiger partial charge is 0.223 e. The highest BCUT2D eigenvalue weighted by atomic mass is 19.1. The van der Waals surface area contributed by atoms with Crippen molar-refractivity contribution in [3.05, 3.63) is 53.7 Å². The van der Waals surface area contributed by atoms with E-state index in [2.05, 4.69) is 10.3 Å². The van der Waals surface area contributed by atoms with E-state index in [9.17, 15) is 8.78 Å². The van der Waals surface area contributed by atoms with Crippen LogP contribution >= 0.6 is 0 Å². The summed E-state index contributed by atoms with van der Waals surface area (Å²) in [4.78, 5) is 4.09. The van der Waals surface area contributed by atoms with Gasteiger partial charge >= 0.3 is 0 Å². The van der Waals surface area contributed by atoms with Gasteiger partial charge < -0.3 is 14.8 Å². The van der Waals surface area contributed by atoms with E-state index in [0.29, 0.717) is 25.6 Å². The fraction of sp³-hybridized carbons (Fsp3) is 0.267. The zero-order valence-electron chi connectivity index (χ0n) is 11.6. The van der Waals surface area contributed by atoms with E-state index < -0.39 is 11.6 Å². The first-order valence-electron chi connectivity index (χ1n) is 6.46. The van der Waals surface area contributed by atoms with Gasteiger partial charge in [0.25, 0.3) is 0 Å². The predicted octanol–water partition coefficient (Wildman–Crippen LogP) is 2.89. The first-order valence-corrected chi connectivity index (χ1v) is 6.46. The van der Waals surface area contributed by atoms with Crippen molar-refractivity contribution < 1.29 is 18.3 Å². The minimum absolute atomic E-state index is 0.0735. The van der Waals surface area contributed by atoms with Crippen LogP contribution in [0.15, 0.2) is 36.5 Å². The normalized spacial score (nSPS) is 10.6. The Hall–Kier alpha value is -2.05. The van der Waals surface area contributed by atoms with Crippen molar-refractivity contribution in [2.75, 3.05) is 20.3 Å². The molecule has 0 aliphatic carbocycles. The maximum absolute atomic E-state index is 13.2. The second kappa shape index (κ2) is 7.66. The van der Waals surface area contributed by atoms with Crippen LogP contribution in [0.5, 0.6) is 11.6 Å². The molecular weight excluding hydrogens is 278 g/mol. The minimum atomic E-state index is -0.694. The average Bonchev–Trinajstić information content (AvgIpc) is 2.44. The molecule has 1 aromatic heterocycles. The molecule has 0 amide bonds. The first-order chi connectivity index (χ1) is 10.2. The molecule has 0 saturated carbocycles. The molecule has 0 fully saturated rings. The first kappa shape index (κ1) is 15.3. The van der Waals surface area contributed by atoms with Crippen LogP contribution in [0.1, 0.15) is 5.56 Å². The van der Waals surface area contributed by atoms with Gasteiger partial charge in [0.15, 0.2) is 0 Å². The van der Waals surface area contributed by atoms with Crippen molar-refractivity contribution in [3.63, 3.8) is 0 Å². The van der Waals surface area contributed by atoms with Gasteiger partial charge in [-0.2, -0.15) is 0 Å². The van der Waals surface area contributed by atoms with Crippen LogP contribution < -0.4 is 10.1 Å². The lowest BCUT2D eigenvalue weighted by atomic mass is 10.2. The average molecular weight is 294 g/mol. The lowest BCUT2D eigenvalue weighted by Crippen LogP contribution is -2.19. The maximum Gasteiger partial charge on any atom is 0.223 e. The van der Waals surface area contributed by atoms with Crippen molar-refractivity contribution in [3.8, 4) is 11.6 Å². The molecule has 1 N–H and O–H groups in total. The van der Waals surface area contributed by atoms with Gasteiger partial charge in [0.05, 0.1) is 6.61 Å². The second-order valence-electron chi connectivity index (χ2n) is 4.34. The predicted molar refractivity (Wildman–Crippen MR) is 74.3 cm³/mol. The van der Waals surface area contributed by atoms with E-state index in [1.54, 1.807) is 19.4 Å². The molecule has 21 heavy (non-hydrogen) atoms. The summed E-state index contributed by atoms with van der Waals surface area (Å²) in [5.74, 6) is -1.00. The zero-order chi connectivity index (χ0) is 15.1. The summed E-state index contributed by atoms with van der Waals surface area (Å²) in [7, 11) is 1.62. The lowest BCUT2D eigenvalue weighted by molar-refractivity contribution is 0.199. The standard InChI is InChI=1S/C15H16F2N2O2/c1-20-6-5-18-10-11-3-2-4-19-15(11)21-14-8-12(16)7-13(17)9-14/h2-4,7-9,18H,5-6,10H2,1H3. The molecule has 4 nitrogen and oxygen atoms in total. The molecule has 1 aromatic carbocycles. The maximum atomic E-state index is 13.2. The quantitative estimate of drug-likeness (QED) is 0.797. The van der Waals surface area contributed by atoms with Crippen molar-refractivity contribution in [1.82, 2.24) is 10.3 Å². The third kappa shape index (κ3) is 4.77. The van der Waals surface area contributed by atoms with Crippen molar-refractivity contribution in [2.45, 2.75) is 6.54 Å². The van der Waals surface area contributed by atoms with E-state index in [-0.39, 0.29) is 5.75 Å². The fourth-order valence-corrected chi connectivity index (χ4v) is 1.75. The van der Waals surface area contributed by atoms with E-state index in [0.717, 1.165) is 23.8 Å². The molecule has 0 unspecified atom stereocenters. The Morgan fingerprint density at radius 3 is 2.67 bits per heavy atom. The van der Waals surface area contributed by atoms with Gasteiger partial charge in [-0.1, -0.05) is 6.07 Å². The molecule has 0 aliphatic heterocycles. The molecule has 0 bridgehead atoms. The molecule has 0 aliphatic rings. The largest absolute Gasteiger partial charge is 0.438 e. The zero-order valence-corrected chi connectivity index (χ0v) is 11.6. The highest BCUT2D eigenvalue weighted by molar-refractivity contribution is 5.32. The van der Waals surface area contributed by atoms with Crippen LogP contribution in [0.4, 0.5) is 8.78 Å². The van der Waals surface area contributed by atoms with Gasteiger partial charge in [-0.25, -0.2) is 13.8 Å². The summed E-state index contributed by atoms with van der Waals surface area (Å²) in [6.07, 6.45) is 1.56. The molecule has 2 rings (SSSR count). The van der Waals surface area contributed by atoms with Gasteiger partial charge in [-0.05, 0) is 6.07 Å². The van der Waals surface area contributed by atoms with Crippen LogP contribution in [-0.4, -0.2) is 25.2 Å². The molecular formula is C15H16F2N2O2. The van der Waals surface area contributed by atoms with Crippen LogP contribution in [0.2, 0.25) is 0 Å². The number of pyridine rings is 1. The van der Waals surface area contributed by atoms with Crippen LogP contribution in [0, 0.1) is 11.6 Å². The molecule has 1 heterocycles. The summed E-state index contributed by atoms with van der Waals surface area (Å²) < 4.78 is 36.7. The Morgan fingerprint density at radius 1 is 1.19 bits per heavy atom. The molecule has 0 atom stereocenters. The van der Waals surface area contributed by atoms with E-state index in [4.69, 9.17) is 9.47 Å². The van der Waals surface area contributed by atoms with E-state index in [1.165, 1.54) is 0 Å². The van der Waals surface area contributed by atoms with E-state index in [1.807, 2.05) is 6.07 Å². The number of methoxy groups -OCH3 is 1. The number of nitrogens with one attached hydrogen (secondary N) is 1. The van der Waals surface area contributed by atoms with Crippen LogP contribution in [0.3, 0.4) is 0 Å². The lowest BCUT2D eigenvalue weighted by Gasteiger charge is -2.10. The Bertz CT molecular complexity index is 573.